The Labute approximate surface area is 238 Å². The van der Waals surface area contributed by atoms with Gasteiger partial charge in [-0.2, -0.15) is 0 Å². The van der Waals surface area contributed by atoms with E-state index in [1.807, 2.05) is 51.1 Å². The van der Waals surface area contributed by atoms with Crippen molar-refractivity contribution in [2.24, 2.45) is 0 Å². The lowest BCUT2D eigenvalue weighted by atomic mass is 10.0. The Bertz CT molecular complexity index is 1370. The van der Waals surface area contributed by atoms with Gasteiger partial charge in [0.15, 0.2) is 8.32 Å². The number of anilines is 1. The van der Waals surface area contributed by atoms with Crippen LogP contribution in [-0.4, -0.2) is 48.1 Å². The van der Waals surface area contributed by atoms with Crippen LogP contribution in [0.25, 0.3) is 10.9 Å². The summed E-state index contributed by atoms with van der Waals surface area (Å²) in [5.41, 5.74) is 7.86. The minimum absolute atomic E-state index is 0.0185. The van der Waals surface area contributed by atoms with E-state index in [2.05, 4.69) is 38.8 Å². The predicted octanol–water partition coefficient (Wildman–Crippen LogP) is 6.75. The van der Waals surface area contributed by atoms with Crippen molar-refractivity contribution in [1.82, 2.24) is 9.88 Å². The molecule has 2 aromatic carbocycles. The molecule has 40 heavy (non-hydrogen) atoms. The van der Waals surface area contributed by atoms with Gasteiger partial charge in [0.05, 0.1) is 18.2 Å². The summed E-state index contributed by atoms with van der Waals surface area (Å²) in [6.07, 6.45) is 0.570. The number of aromatic hydroxyl groups is 1. The number of H-pyrrole nitrogens is 1. The largest absolute Gasteiger partial charge is 0.506 e. The number of nitrogens with two attached hydrogens (primary N) is 1. The summed E-state index contributed by atoms with van der Waals surface area (Å²) in [5.74, 6) is -0.0185. The number of nitrogens with one attached hydrogen (secondary N) is 1. The van der Waals surface area contributed by atoms with Crippen molar-refractivity contribution < 1.29 is 19.1 Å². The lowest BCUT2D eigenvalue weighted by molar-refractivity contribution is 0.0155. The quantitative estimate of drug-likeness (QED) is 0.194. The zero-order valence-corrected chi connectivity index (χ0v) is 26.1. The topological polar surface area (TPSA) is 118 Å². The molecule has 0 aliphatic carbocycles. The van der Waals surface area contributed by atoms with Gasteiger partial charge in [0.25, 0.3) is 0 Å². The van der Waals surface area contributed by atoms with Crippen molar-refractivity contribution in [2.45, 2.75) is 84.2 Å². The first-order valence-electron chi connectivity index (χ1n) is 13.8. The molecule has 3 rings (SSSR count). The Morgan fingerprint density at radius 1 is 1.02 bits per heavy atom. The van der Waals surface area contributed by atoms with E-state index >= 15 is 0 Å². The highest BCUT2D eigenvalue weighted by Gasteiger charge is 2.40. The minimum atomic E-state index is -2.33. The summed E-state index contributed by atoms with van der Waals surface area (Å²) in [7, 11) is -2.33. The van der Waals surface area contributed by atoms with Crippen molar-refractivity contribution in [3.05, 3.63) is 70.0 Å². The second kappa shape index (κ2) is 12.1. The van der Waals surface area contributed by atoms with Crippen molar-refractivity contribution in [3.8, 4) is 5.75 Å². The van der Waals surface area contributed by atoms with Crippen LogP contribution in [0.4, 0.5) is 10.5 Å². The first-order valence-corrected chi connectivity index (χ1v) is 16.7. The number of hydrogen-bond acceptors (Lipinski definition) is 6. The Balaban J connectivity index is 2.01. The number of aryl methyl sites for hydroxylation is 1. The van der Waals surface area contributed by atoms with E-state index in [0.29, 0.717) is 23.1 Å². The predicted molar refractivity (Wildman–Crippen MR) is 164 cm³/mol. The van der Waals surface area contributed by atoms with Gasteiger partial charge >= 0.3 is 6.09 Å². The molecule has 0 aliphatic heterocycles. The van der Waals surface area contributed by atoms with Gasteiger partial charge in [0.2, 0.25) is 5.56 Å². The first-order chi connectivity index (χ1) is 18.5. The normalized spacial score (nSPS) is 13.3. The smallest absolute Gasteiger partial charge is 0.410 e. The first kappa shape index (κ1) is 31.2. The van der Waals surface area contributed by atoms with Crippen LogP contribution < -0.4 is 11.3 Å². The van der Waals surface area contributed by atoms with E-state index < -0.39 is 26.1 Å². The van der Waals surface area contributed by atoms with Gasteiger partial charge in [0, 0.05) is 23.7 Å². The highest BCUT2D eigenvalue weighted by Crippen LogP contribution is 2.41. The van der Waals surface area contributed by atoms with E-state index in [-0.39, 0.29) is 22.9 Å². The average molecular weight is 568 g/mol. The van der Waals surface area contributed by atoms with Gasteiger partial charge in [-0.05, 0) is 87.1 Å². The number of rotatable bonds is 9. The number of ether oxygens (including phenoxy) is 1. The number of phenolic OH excluding ortho intramolecular Hbond substituents is 1. The maximum atomic E-state index is 13.5. The summed E-state index contributed by atoms with van der Waals surface area (Å²) in [6.45, 7) is 17.1. The standard InChI is InChI=1S/C31H45N3O5Si/c1-30(2,3)38-29(37)34(19-9-10-21-11-13-22(32)14-12-21)20-26(39-40(7,8)31(4,5)6)23-15-17-25(35)28-24(23)16-18-27(36)33-28/h11-18,26,35H,9-10,19-20,32H2,1-8H3,(H,33,36)/t26-/m0/s1. The SMILES string of the molecule is CC(C)(C)OC(=O)N(CCCc1ccc(N)cc1)C[C@H](O[Si](C)(C)C(C)(C)C)c1ccc(O)c2[nH]c(=O)ccc12. The molecule has 0 bridgehead atoms. The molecule has 4 N–H and O–H groups in total. The molecule has 1 atom stereocenters. The Hall–Kier alpha value is -3.30. The second-order valence-electron chi connectivity index (χ2n) is 12.9. The highest BCUT2D eigenvalue weighted by molar-refractivity contribution is 6.74. The van der Waals surface area contributed by atoms with E-state index in [1.165, 1.54) is 6.07 Å². The number of aromatic nitrogens is 1. The summed E-state index contributed by atoms with van der Waals surface area (Å²) in [6, 6.07) is 14.3. The van der Waals surface area contributed by atoms with Gasteiger partial charge in [0.1, 0.15) is 11.4 Å². The molecule has 0 fully saturated rings. The summed E-state index contributed by atoms with van der Waals surface area (Å²) in [4.78, 5) is 30.0. The zero-order valence-electron chi connectivity index (χ0n) is 25.1. The molecule has 1 amide bonds. The second-order valence-corrected chi connectivity index (χ2v) is 17.7. The van der Waals surface area contributed by atoms with Crippen LogP contribution in [0.3, 0.4) is 0 Å². The number of nitrogens with zero attached hydrogens (tertiary/aromatic N) is 1. The molecule has 0 saturated carbocycles. The molecular weight excluding hydrogens is 522 g/mol. The Morgan fingerprint density at radius 3 is 2.27 bits per heavy atom. The van der Waals surface area contributed by atoms with Crippen molar-refractivity contribution in [3.63, 3.8) is 0 Å². The molecule has 218 valence electrons. The number of phenols is 1. The van der Waals surface area contributed by atoms with E-state index in [1.54, 1.807) is 17.0 Å². The maximum absolute atomic E-state index is 13.5. The number of carbonyl (C=O) groups is 1. The summed E-state index contributed by atoms with van der Waals surface area (Å²) in [5, 5.41) is 11.1. The number of carbonyl (C=O) groups excluding carboxylic acids is 1. The van der Waals surface area contributed by atoms with E-state index in [9.17, 15) is 14.7 Å². The molecule has 1 aromatic heterocycles. The number of fused-ring (bicyclic) bond motifs is 1. The summed E-state index contributed by atoms with van der Waals surface area (Å²) < 4.78 is 12.8. The molecule has 3 aromatic rings. The molecule has 0 aliphatic rings. The molecule has 0 spiro atoms. The third-order valence-electron chi connectivity index (χ3n) is 7.41. The molecule has 9 heteroatoms. The maximum Gasteiger partial charge on any atom is 0.410 e. The Morgan fingerprint density at radius 2 is 1.68 bits per heavy atom. The van der Waals surface area contributed by atoms with Crippen LogP contribution in [0.5, 0.6) is 5.75 Å². The van der Waals surface area contributed by atoms with Crippen LogP contribution in [0.15, 0.2) is 53.3 Å². The number of amides is 1. The lowest BCUT2D eigenvalue weighted by Crippen LogP contribution is -2.46. The molecule has 0 unspecified atom stereocenters. The minimum Gasteiger partial charge on any atom is -0.506 e. The van der Waals surface area contributed by atoms with Crippen molar-refractivity contribution >= 4 is 31.0 Å². The number of hydrogen-bond donors (Lipinski definition) is 3. The molecule has 8 nitrogen and oxygen atoms in total. The lowest BCUT2D eigenvalue weighted by Gasteiger charge is -2.41. The third kappa shape index (κ3) is 8.11. The summed E-state index contributed by atoms with van der Waals surface area (Å²) >= 11 is 0. The van der Waals surface area contributed by atoms with Crippen LogP contribution in [0.1, 0.15) is 65.2 Å². The number of pyridine rings is 1. The fraction of sp³-hybridized carbons (Fsp3) is 0.484. The van der Waals surface area contributed by atoms with Gasteiger partial charge in [-0.3, -0.25) is 4.79 Å². The fourth-order valence-corrected chi connectivity index (χ4v) is 5.48. The van der Waals surface area contributed by atoms with Crippen LogP contribution in [-0.2, 0) is 15.6 Å². The van der Waals surface area contributed by atoms with Crippen LogP contribution in [0.2, 0.25) is 18.1 Å². The van der Waals surface area contributed by atoms with Gasteiger partial charge < -0.3 is 29.9 Å². The third-order valence-corrected chi connectivity index (χ3v) is 11.9. The van der Waals surface area contributed by atoms with E-state index in [4.69, 9.17) is 14.9 Å². The van der Waals surface area contributed by atoms with Gasteiger partial charge in [-0.1, -0.05) is 39.0 Å². The molecule has 1 heterocycles. The van der Waals surface area contributed by atoms with Crippen LogP contribution in [0, 0.1) is 0 Å². The number of nitrogen functional groups attached to an aromatic ring is 1. The number of aromatic amines is 1. The average Bonchev–Trinajstić information content (AvgIpc) is 2.82. The Kier molecular flexibility index (Phi) is 9.41. The van der Waals surface area contributed by atoms with Crippen molar-refractivity contribution in [1.29, 1.82) is 0 Å². The zero-order chi connectivity index (χ0) is 29.9. The number of benzene rings is 2. The highest BCUT2D eigenvalue weighted by atomic mass is 28.4. The molecular formula is C31H45N3O5Si. The van der Waals surface area contributed by atoms with Gasteiger partial charge in [-0.15, -0.1) is 0 Å². The fourth-order valence-electron chi connectivity index (χ4n) is 4.21. The van der Waals surface area contributed by atoms with Gasteiger partial charge in [-0.25, -0.2) is 4.79 Å². The monoisotopic (exact) mass is 567 g/mol. The molecule has 0 radical (unpaired) electrons. The van der Waals surface area contributed by atoms with Crippen molar-refractivity contribution in [2.75, 3.05) is 18.8 Å². The van der Waals surface area contributed by atoms with E-state index in [0.717, 1.165) is 24.0 Å². The molecule has 0 saturated heterocycles. The van der Waals surface area contributed by atoms with Crippen LogP contribution >= 0.6 is 0 Å².